The summed E-state index contributed by atoms with van der Waals surface area (Å²) >= 11 is 8.84. The molecule has 176 valence electrons. The minimum atomic E-state index is -0.477. The summed E-state index contributed by atoms with van der Waals surface area (Å²) in [6.45, 7) is 5.81. The zero-order valence-electron chi connectivity index (χ0n) is 19.0. The van der Waals surface area contributed by atoms with E-state index in [1.807, 2.05) is 40.0 Å². The SMILES string of the molecule is CCc1cc(C(=O)OC)c(NC(=O)CSc2nnc(C(C)Oc3cc(C)ccc3Cl)n2C)s1. The fourth-order valence-electron chi connectivity index (χ4n) is 3.01. The number of hydrogen-bond donors (Lipinski definition) is 1. The Balaban J connectivity index is 1.64. The fraction of sp³-hybridized carbons (Fsp3) is 0.364. The van der Waals surface area contributed by atoms with Crippen LogP contribution in [0, 0.1) is 6.92 Å². The number of thioether (sulfide) groups is 1. The van der Waals surface area contributed by atoms with Crippen LogP contribution in [-0.2, 0) is 23.0 Å². The highest BCUT2D eigenvalue weighted by Gasteiger charge is 2.21. The van der Waals surface area contributed by atoms with Gasteiger partial charge in [0.05, 0.1) is 23.4 Å². The zero-order valence-corrected chi connectivity index (χ0v) is 21.4. The molecule has 0 saturated carbocycles. The van der Waals surface area contributed by atoms with Crippen LogP contribution in [0.5, 0.6) is 5.75 Å². The second-order valence-electron chi connectivity index (χ2n) is 7.23. The Hall–Kier alpha value is -2.56. The molecular weight excluding hydrogens is 484 g/mol. The first-order chi connectivity index (χ1) is 15.7. The number of hydrogen-bond acceptors (Lipinski definition) is 8. The van der Waals surface area contributed by atoms with Crippen LogP contribution in [0.3, 0.4) is 0 Å². The third-order valence-electron chi connectivity index (χ3n) is 4.74. The van der Waals surface area contributed by atoms with E-state index in [0.29, 0.717) is 32.3 Å². The molecule has 0 aliphatic rings. The second-order valence-corrected chi connectivity index (χ2v) is 9.72. The smallest absolute Gasteiger partial charge is 0.340 e. The summed E-state index contributed by atoms with van der Waals surface area (Å²) in [5.41, 5.74) is 1.40. The number of benzene rings is 1. The topological polar surface area (TPSA) is 95.3 Å². The monoisotopic (exact) mass is 508 g/mol. The highest BCUT2D eigenvalue weighted by Crippen LogP contribution is 2.31. The standard InChI is InChI=1S/C22H25ClN4O4S2/c1-6-14-10-15(21(29)30-5)20(33-14)24-18(28)11-32-22-26-25-19(27(22)4)13(3)31-17-9-12(2)7-8-16(17)23/h7-10,13H,6,11H2,1-5H3,(H,24,28). The molecule has 0 aliphatic carbocycles. The van der Waals surface area contributed by atoms with Gasteiger partial charge in [-0.1, -0.05) is 36.4 Å². The molecule has 0 bridgehead atoms. The third kappa shape index (κ3) is 6.07. The van der Waals surface area contributed by atoms with E-state index in [4.69, 9.17) is 21.1 Å². The molecule has 0 radical (unpaired) electrons. The predicted molar refractivity (Wildman–Crippen MR) is 131 cm³/mol. The number of aromatic nitrogens is 3. The number of amides is 1. The van der Waals surface area contributed by atoms with E-state index in [1.54, 1.807) is 16.7 Å². The van der Waals surface area contributed by atoms with Gasteiger partial charge in [-0.25, -0.2) is 4.79 Å². The maximum absolute atomic E-state index is 12.5. The second kappa shape index (κ2) is 11.0. The molecule has 2 heterocycles. The van der Waals surface area contributed by atoms with E-state index in [0.717, 1.165) is 16.9 Å². The summed E-state index contributed by atoms with van der Waals surface area (Å²) in [6.07, 6.45) is 0.362. The van der Waals surface area contributed by atoms with E-state index in [9.17, 15) is 9.59 Å². The van der Waals surface area contributed by atoms with Gasteiger partial charge in [0, 0.05) is 11.9 Å². The first-order valence-corrected chi connectivity index (χ1v) is 12.4. The lowest BCUT2D eigenvalue weighted by atomic mass is 10.2. The number of nitrogens with one attached hydrogen (secondary N) is 1. The van der Waals surface area contributed by atoms with Crippen LogP contribution in [-0.4, -0.2) is 39.5 Å². The van der Waals surface area contributed by atoms with Crippen LogP contribution in [0.1, 0.15) is 46.6 Å². The molecule has 11 heteroatoms. The van der Waals surface area contributed by atoms with E-state index in [1.165, 1.54) is 30.2 Å². The van der Waals surface area contributed by atoms with Gasteiger partial charge in [-0.3, -0.25) is 4.79 Å². The molecule has 3 aromatic rings. The van der Waals surface area contributed by atoms with Crippen molar-refractivity contribution in [1.82, 2.24) is 14.8 Å². The van der Waals surface area contributed by atoms with Crippen LogP contribution in [0.25, 0.3) is 0 Å². The number of anilines is 1. The van der Waals surface area contributed by atoms with Crippen molar-refractivity contribution in [3.05, 3.63) is 51.1 Å². The van der Waals surface area contributed by atoms with Crippen LogP contribution >= 0.6 is 34.7 Å². The van der Waals surface area contributed by atoms with Gasteiger partial charge in [-0.2, -0.15) is 0 Å². The number of carbonyl (C=O) groups is 2. The largest absolute Gasteiger partial charge is 0.481 e. The Kier molecular flexibility index (Phi) is 8.39. The van der Waals surface area contributed by atoms with Crippen molar-refractivity contribution < 1.29 is 19.1 Å². The summed E-state index contributed by atoms with van der Waals surface area (Å²) in [4.78, 5) is 25.5. The van der Waals surface area contributed by atoms with E-state index >= 15 is 0 Å². The van der Waals surface area contributed by atoms with Crippen molar-refractivity contribution in [3.8, 4) is 5.75 Å². The molecule has 1 aromatic carbocycles. The zero-order chi connectivity index (χ0) is 24.1. The van der Waals surface area contributed by atoms with Gasteiger partial charge >= 0.3 is 5.97 Å². The molecule has 1 N–H and O–H groups in total. The first kappa shape index (κ1) is 25.1. The highest BCUT2D eigenvalue weighted by molar-refractivity contribution is 7.99. The molecule has 2 aromatic heterocycles. The molecule has 0 aliphatic heterocycles. The third-order valence-corrected chi connectivity index (χ3v) is 7.27. The highest BCUT2D eigenvalue weighted by atomic mass is 35.5. The van der Waals surface area contributed by atoms with Gasteiger partial charge in [0.25, 0.3) is 0 Å². The average Bonchev–Trinajstić information content (AvgIpc) is 3.37. The number of nitrogens with zero attached hydrogens (tertiary/aromatic N) is 3. The van der Waals surface area contributed by atoms with Crippen LogP contribution in [0.15, 0.2) is 29.4 Å². The molecular formula is C22H25ClN4O4S2. The van der Waals surface area contributed by atoms with Crippen molar-refractivity contribution >= 4 is 51.6 Å². The summed E-state index contributed by atoms with van der Waals surface area (Å²) in [5, 5.41) is 12.8. The van der Waals surface area contributed by atoms with Gasteiger partial charge in [0.15, 0.2) is 17.1 Å². The molecule has 3 rings (SSSR count). The molecule has 8 nitrogen and oxygen atoms in total. The molecule has 1 amide bonds. The number of methoxy groups -OCH3 is 1. The van der Waals surface area contributed by atoms with Crippen molar-refractivity contribution in [1.29, 1.82) is 0 Å². The van der Waals surface area contributed by atoms with Crippen molar-refractivity contribution in [2.45, 2.75) is 38.5 Å². The normalized spacial score (nSPS) is 11.8. The van der Waals surface area contributed by atoms with Gasteiger partial charge in [0.1, 0.15) is 10.8 Å². The van der Waals surface area contributed by atoms with Crippen molar-refractivity contribution in [3.63, 3.8) is 0 Å². The Morgan fingerprint density at radius 3 is 2.76 bits per heavy atom. The predicted octanol–water partition coefficient (Wildman–Crippen LogP) is 5.06. The minimum Gasteiger partial charge on any atom is -0.481 e. The number of aryl methyl sites for hydroxylation is 2. The van der Waals surface area contributed by atoms with Crippen LogP contribution < -0.4 is 10.1 Å². The summed E-state index contributed by atoms with van der Waals surface area (Å²) < 4.78 is 12.6. The maximum atomic E-state index is 12.5. The Bertz CT molecular complexity index is 1160. The van der Waals surface area contributed by atoms with Gasteiger partial charge in [-0.05, 0) is 44.0 Å². The number of rotatable bonds is 9. The Morgan fingerprint density at radius 2 is 2.06 bits per heavy atom. The van der Waals surface area contributed by atoms with Crippen molar-refractivity contribution in [2.75, 3.05) is 18.2 Å². The molecule has 1 atom stereocenters. The maximum Gasteiger partial charge on any atom is 0.340 e. The number of thiophene rings is 1. The van der Waals surface area contributed by atoms with Crippen LogP contribution in [0.2, 0.25) is 5.02 Å². The number of carbonyl (C=O) groups excluding carboxylic acids is 2. The molecule has 1 unspecified atom stereocenters. The van der Waals surface area contributed by atoms with E-state index < -0.39 is 12.1 Å². The summed E-state index contributed by atoms with van der Waals surface area (Å²) in [6, 6.07) is 7.32. The molecule has 0 spiro atoms. The van der Waals surface area contributed by atoms with Gasteiger partial charge in [-0.15, -0.1) is 21.5 Å². The lowest BCUT2D eigenvalue weighted by molar-refractivity contribution is -0.113. The summed E-state index contributed by atoms with van der Waals surface area (Å²) in [5.74, 6) is 0.550. The minimum absolute atomic E-state index is 0.102. The molecule has 0 saturated heterocycles. The molecule has 33 heavy (non-hydrogen) atoms. The number of halogens is 1. The molecule has 0 fully saturated rings. The Labute approximate surface area is 205 Å². The van der Waals surface area contributed by atoms with E-state index in [2.05, 4.69) is 15.5 Å². The van der Waals surface area contributed by atoms with Crippen molar-refractivity contribution in [2.24, 2.45) is 7.05 Å². The quantitative estimate of drug-likeness (QED) is 0.319. The first-order valence-electron chi connectivity index (χ1n) is 10.2. The number of esters is 1. The van der Waals surface area contributed by atoms with E-state index in [-0.39, 0.29) is 11.7 Å². The van der Waals surface area contributed by atoms with Gasteiger partial charge < -0.3 is 19.4 Å². The summed E-state index contributed by atoms with van der Waals surface area (Å²) in [7, 11) is 3.13. The lowest BCUT2D eigenvalue weighted by Crippen LogP contribution is -2.16. The average molecular weight is 509 g/mol. The van der Waals surface area contributed by atoms with Crippen LogP contribution in [0.4, 0.5) is 5.00 Å². The lowest BCUT2D eigenvalue weighted by Gasteiger charge is -2.15. The Morgan fingerprint density at radius 1 is 1.30 bits per heavy atom. The van der Waals surface area contributed by atoms with Gasteiger partial charge in [0.2, 0.25) is 5.91 Å². The fourth-order valence-corrected chi connectivity index (χ4v) is 4.89. The number of ether oxygens (including phenoxy) is 2.